The van der Waals surface area contributed by atoms with E-state index in [2.05, 4.69) is 37.8 Å². The summed E-state index contributed by atoms with van der Waals surface area (Å²) in [5, 5.41) is 31.1. The Bertz CT molecular complexity index is 1660. The number of nitrogens with zero attached hydrogens (tertiary/aromatic N) is 8. The number of hydrogen-bond acceptors (Lipinski definition) is 11. The maximum atomic E-state index is 13.4. The third-order valence-corrected chi connectivity index (χ3v) is 7.62. The second-order valence-electron chi connectivity index (χ2n) is 10.7. The van der Waals surface area contributed by atoms with E-state index >= 15 is 0 Å². The van der Waals surface area contributed by atoms with Crippen LogP contribution >= 0.6 is 11.6 Å². The molecule has 0 aliphatic rings. The predicted molar refractivity (Wildman–Crippen MR) is 175 cm³/mol. The summed E-state index contributed by atoms with van der Waals surface area (Å²) in [6, 6.07) is 15.7. The second kappa shape index (κ2) is 17.8. The van der Waals surface area contributed by atoms with Crippen molar-refractivity contribution >= 4 is 23.5 Å². The summed E-state index contributed by atoms with van der Waals surface area (Å²) < 4.78 is 12.5. The number of halogens is 1. The molecular weight excluding hydrogens is 642 g/mol. The van der Waals surface area contributed by atoms with Crippen molar-refractivity contribution in [3.05, 3.63) is 76.0 Å². The lowest BCUT2D eigenvalue weighted by Crippen LogP contribution is -2.30. The van der Waals surface area contributed by atoms with E-state index in [0.29, 0.717) is 42.7 Å². The molecule has 0 radical (unpaired) electrons. The average molecular weight is 682 g/mol. The van der Waals surface area contributed by atoms with Gasteiger partial charge in [0.05, 0.1) is 18.1 Å². The van der Waals surface area contributed by atoms with Crippen molar-refractivity contribution in [3.63, 3.8) is 0 Å². The normalized spacial score (nSPS) is 12.1. The van der Waals surface area contributed by atoms with Crippen LogP contribution in [-0.2, 0) is 32.1 Å². The predicted octanol–water partition coefficient (Wildman–Crippen LogP) is 5.75. The number of carbonyl (C=O) groups is 2. The summed E-state index contributed by atoms with van der Waals surface area (Å²) >= 11 is 6.50. The van der Waals surface area contributed by atoms with Crippen molar-refractivity contribution in [3.8, 4) is 22.5 Å². The van der Waals surface area contributed by atoms with Crippen LogP contribution in [0.3, 0.4) is 0 Å². The minimum Gasteiger partial charge on any atom is -0.569 e. The number of aryl methyl sites for hydroxylation is 1. The fourth-order valence-electron chi connectivity index (χ4n) is 4.90. The SMILES string of the molecule is CCCCc1nc(Cl)c(C(=O)OC(C)OC(=O)CCCO/N=[N+](\[O-])N(CC)CC)n1Cc1ccc(-c2ccccc2-c2nn[nH]n2)cc1. The number of rotatable bonds is 18. The summed E-state index contributed by atoms with van der Waals surface area (Å²) in [5.41, 5.74) is 3.72. The Kier molecular flexibility index (Phi) is 13.2. The van der Waals surface area contributed by atoms with Crippen LogP contribution in [0.15, 0.2) is 53.8 Å². The number of H-pyrrole nitrogens is 1. The van der Waals surface area contributed by atoms with E-state index in [1.807, 2.05) is 62.4 Å². The minimum atomic E-state index is -1.19. The third kappa shape index (κ3) is 9.50. The van der Waals surface area contributed by atoms with Crippen molar-refractivity contribution in [2.24, 2.45) is 5.28 Å². The van der Waals surface area contributed by atoms with Gasteiger partial charge in [-0.2, -0.15) is 5.21 Å². The van der Waals surface area contributed by atoms with Gasteiger partial charge < -0.3 is 24.1 Å². The molecule has 0 saturated heterocycles. The van der Waals surface area contributed by atoms with Crippen LogP contribution in [0.2, 0.25) is 5.15 Å². The molecule has 4 rings (SSSR count). The first-order valence-corrected chi connectivity index (χ1v) is 16.3. The largest absolute Gasteiger partial charge is 0.569 e. The van der Waals surface area contributed by atoms with Gasteiger partial charge in [-0.15, -0.1) is 15.2 Å². The first-order valence-electron chi connectivity index (χ1n) is 15.9. The number of hydrazine groups is 1. The van der Waals surface area contributed by atoms with Crippen molar-refractivity contribution < 1.29 is 28.9 Å². The van der Waals surface area contributed by atoms with Gasteiger partial charge >= 0.3 is 11.9 Å². The van der Waals surface area contributed by atoms with Gasteiger partial charge in [-0.1, -0.05) is 73.5 Å². The Morgan fingerprint density at radius 3 is 2.46 bits per heavy atom. The van der Waals surface area contributed by atoms with Crippen LogP contribution in [0.25, 0.3) is 22.5 Å². The first kappa shape index (κ1) is 35.8. The van der Waals surface area contributed by atoms with Gasteiger partial charge in [-0.25, -0.2) is 9.78 Å². The molecule has 0 amide bonds. The lowest BCUT2D eigenvalue weighted by atomic mass is 9.98. The summed E-state index contributed by atoms with van der Waals surface area (Å²) in [7, 11) is 0. The molecule has 1 N–H and O–H groups in total. The Morgan fingerprint density at radius 1 is 1.06 bits per heavy atom. The van der Waals surface area contributed by atoms with Gasteiger partial charge in [0.2, 0.25) is 17.4 Å². The number of benzene rings is 2. The zero-order valence-corrected chi connectivity index (χ0v) is 28.2. The van der Waals surface area contributed by atoms with Gasteiger partial charge in [-0.05, 0) is 48.6 Å². The first-order chi connectivity index (χ1) is 23.2. The third-order valence-electron chi connectivity index (χ3n) is 7.36. The highest BCUT2D eigenvalue weighted by Crippen LogP contribution is 2.30. The molecular formula is C32H40ClN9O6. The Morgan fingerprint density at radius 2 is 1.79 bits per heavy atom. The van der Waals surface area contributed by atoms with Crippen LogP contribution in [0.1, 0.15) is 75.3 Å². The molecule has 48 heavy (non-hydrogen) atoms. The maximum Gasteiger partial charge on any atom is 0.361 e. The number of esters is 2. The van der Waals surface area contributed by atoms with E-state index in [0.717, 1.165) is 35.1 Å². The van der Waals surface area contributed by atoms with Crippen LogP contribution < -0.4 is 0 Å². The van der Waals surface area contributed by atoms with Gasteiger partial charge in [0.25, 0.3) is 0 Å². The van der Waals surface area contributed by atoms with Crippen molar-refractivity contribution in [2.45, 2.75) is 72.6 Å². The fraction of sp³-hybridized carbons (Fsp3) is 0.438. The molecule has 15 nitrogen and oxygen atoms in total. The number of hydrogen-bond donors (Lipinski definition) is 1. The number of nitrogens with one attached hydrogen (secondary N) is 1. The van der Waals surface area contributed by atoms with Crippen molar-refractivity contribution in [1.29, 1.82) is 0 Å². The lowest BCUT2D eigenvalue weighted by Gasteiger charge is -2.16. The maximum absolute atomic E-state index is 13.4. The molecule has 0 bridgehead atoms. The van der Waals surface area contributed by atoms with Gasteiger partial charge in [0.1, 0.15) is 12.4 Å². The zero-order valence-electron chi connectivity index (χ0n) is 27.5. The number of unbranched alkanes of at least 4 members (excludes halogenated alkanes) is 1. The molecule has 4 aromatic rings. The molecule has 0 fully saturated rings. The summed E-state index contributed by atoms with van der Waals surface area (Å²) in [5.74, 6) is -0.233. The Balaban J connectivity index is 1.40. The van der Waals surface area contributed by atoms with E-state index in [9.17, 15) is 14.8 Å². The average Bonchev–Trinajstić information content (AvgIpc) is 3.72. The quantitative estimate of drug-likeness (QED) is 0.0338. The number of aromatic nitrogens is 6. The van der Waals surface area contributed by atoms with Crippen molar-refractivity contribution in [2.75, 3.05) is 19.7 Å². The second-order valence-corrected chi connectivity index (χ2v) is 11.1. The number of imidazole rings is 1. The molecule has 256 valence electrons. The van der Waals surface area contributed by atoms with Crippen LogP contribution in [0.4, 0.5) is 0 Å². The molecule has 1 atom stereocenters. The molecule has 0 aliphatic carbocycles. The van der Waals surface area contributed by atoms with Crippen LogP contribution in [-0.4, -0.2) is 78.1 Å². The summed E-state index contributed by atoms with van der Waals surface area (Å²) in [6.45, 7) is 8.46. The molecule has 0 aliphatic heterocycles. The highest BCUT2D eigenvalue weighted by molar-refractivity contribution is 6.32. The Labute approximate surface area is 283 Å². The van der Waals surface area contributed by atoms with E-state index in [-0.39, 0.29) is 30.3 Å². The topological polar surface area (TPSA) is 176 Å². The van der Waals surface area contributed by atoms with Crippen molar-refractivity contribution in [1.82, 2.24) is 35.2 Å². The molecule has 2 heterocycles. The summed E-state index contributed by atoms with van der Waals surface area (Å²) in [4.78, 5) is 35.5. The van der Waals surface area contributed by atoms with Crippen LogP contribution in [0.5, 0.6) is 0 Å². The highest BCUT2D eigenvalue weighted by atomic mass is 35.5. The zero-order chi connectivity index (χ0) is 34.5. The van der Waals surface area contributed by atoms with E-state index in [1.54, 1.807) is 4.57 Å². The standard InChI is InChI=1S/C32H40ClN9O6/c1-5-8-14-27-34-30(33)29(32(44)48-22(4)47-28(43)15-11-20-46-39-42(45)40(6-2)7-3)41(27)21-23-16-18-24(19-17-23)25-12-9-10-13-26(25)31-35-37-38-36-31/h9-10,12-13,16-19,22H,5-8,11,14-15,20-21H2,1-4H3,(H,35,36,37,38)/b42-39-. The number of ether oxygens (including phenoxy) is 2. The molecule has 16 heteroatoms. The van der Waals surface area contributed by atoms with E-state index in [4.69, 9.17) is 25.9 Å². The molecule has 2 aromatic carbocycles. The van der Waals surface area contributed by atoms with Gasteiger partial charge in [-0.3, -0.25) is 4.79 Å². The number of tetrazole rings is 1. The molecule has 2 aromatic heterocycles. The smallest absolute Gasteiger partial charge is 0.361 e. The summed E-state index contributed by atoms with van der Waals surface area (Å²) in [6.07, 6.45) is 1.41. The monoisotopic (exact) mass is 681 g/mol. The Hall–Kier alpha value is -5.05. The van der Waals surface area contributed by atoms with Gasteiger partial charge in [0.15, 0.2) is 10.8 Å². The molecule has 0 saturated carbocycles. The van der Waals surface area contributed by atoms with Crippen LogP contribution in [0, 0.1) is 5.21 Å². The van der Waals surface area contributed by atoms with Gasteiger partial charge in [0, 0.05) is 31.9 Å². The van der Waals surface area contributed by atoms with E-state index < -0.39 is 18.2 Å². The fourth-order valence-corrected chi connectivity index (χ4v) is 5.18. The van der Waals surface area contributed by atoms with E-state index in [1.165, 1.54) is 11.9 Å². The minimum absolute atomic E-state index is 0.00770. The lowest BCUT2D eigenvalue weighted by molar-refractivity contribution is -0.710. The molecule has 0 spiro atoms. The number of carbonyl (C=O) groups excluding carboxylic acids is 2. The number of aromatic amines is 1. The highest BCUT2D eigenvalue weighted by Gasteiger charge is 2.26. The molecule has 1 unspecified atom stereocenters.